The SMILES string of the molecule is Cc1cc(C)c2c(c1)/C=C/C[C@@H]1OC(C)(C)O[C@@H]1C(=O)/C=C\[C@@H]1CCC[C@@H]1OC2=O. The van der Waals surface area contributed by atoms with Crippen molar-refractivity contribution in [3.63, 3.8) is 0 Å². The molecule has 0 N–H and O–H groups in total. The van der Waals surface area contributed by atoms with Crippen molar-refractivity contribution < 1.29 is 23.8 Å². The largest absolute Gasteiger partial charge is 0.458 e. The van der Waals surface area contributed by atoms with E-state index in [9.17, 15) is 9.59 Å². The number of aryl methyl sites for hydroxylation is 2. The maximum atomic E-state index is 13.1. The van der Waals surface area contributed by atoms with Crippen LogP contribution in [0, 0.1) is 19.8 Å². The van der Waals surface area contributed by atoms with Gasteiger partial charge in [-0.15, -0.1) is 0 Å². The minimum Gasteiger partial charge on any atom is -0.458 e. The first-order chi connectivity index (χ1) is 14.2. The Morgan fingerprint density at radius 2 is 1.80 bits per heavy atom. The van der Waals surface area contributed by atoms with Crippen molar-refractivity contribution in [1.82, 2.24) is 0 Å². The van der Waals surface area contributed by atoms with Gasteiger partial charge in [0.05, 0.1) is 11.7 Å². The number of carbonyl (C=O) groups is 2. The summed E-state index contributed by atoms with van der Waals surface area (Å²) in [4.78, 5) is 26.0. The Hall–Kier alpha value is -2.24. The fourth-order valence-electron chi connectivity index (χ4n) is 4.82. The smallest absolute Gasteiger partial charge is 0.339 e. The summed E-state index contributed by atoms with van der Waals surface area (Å²) in [6.45, 7) is 7.62. The Labute approximate surface area is 178 Å². The molecule has 4 atom stereocenters. The van der Waals surface area contributed by atoms with Gasteiger partial charge in [0.2, 0.25) is 0 Å². The number of esters is 1. The van der Waals surface area contributed by atoms with Gasteiger partial charge >= 0.3 is 5.97 Å². The Morgan fingerprint density at radius 3 is 2.60 bits per heavy atom. The van der Waals surface area contributed by atoms with E-state index in [2.05, 4.69) is 0 Å². The van der Waals surface area contributed by atoms with Crippen LogP contribution in [0.4, 0.5) is 0 Å². The molecular weight excluding hydrogens is 380 g/mol. The lowest BCUT2D eigenvalue weighted by molar-refractivity contribution is -0.152. The number of ketones is 1. The van der Waals surface area contributed by atoms with Crippen molar-refractivity contribution in [2.75, 3.05) is 0 Å². The van der Waals surface area contributed by atoms with E-state index in [1.165, 1.54) is 0 Å². The molecule has 1 aromatic carbocycles. The molecule has 0 radical (unpaired) electrons. The molecule has 1 saturated heterocycles. The van der Waals surface area contributed by atoms with Crippen LogP contribution in [0.1, 0.15) is 66.6 Å². The van der Waals surface area contributed by atoms with Crippen molar-refractivity contribution in [2.45, 2.75) is 77.5 Å². The normalized spacial score (nSPS) is 33.1. The van der Waals surface area contributed by atoms with Gasteiger partial charge in [0.1, 0.15) is 12.2 Å². The number of hydrogen-bond acceptors (Lipinski definition) is 5. The minimum absolute atomic E-state index is 0.0411. The monoisotopic (exact) mass is 410 g/mol. The standard InChI is InChI=1S/C25H30O5/c1-15-13-16(2)22-18(14-15)8-6-10-21-23(30-25(3,4)29-21)19(26)12-11-17-7-5-9-20(17)28-24(22)27/h6,8,11-14,17,20-21,23H,5,7,9-10H2,1-4H3/b8-6+,12-11-/t17-,20-,21-,23+/m0/s1. The molecule has 0 amide bonds. The zero-order valence-electron chi connectivity index (χ0n) is 18.1. The predicted octanol–water partition coefficient (Wildman–Crippen LogP) is 4.69. The summed E-state index contributed by atoms with van der Waals surface area (Å²) in [6.07, 6.45) is 9.36. The fourth-order valence-corrected chi connectivity index (χ4v) is 4.82. The summed E-state index contributed by atoms with van der Waals surface area (Å²) in [5.74, 6) is -1.15. The van der Waals surface area contributed by atoms with Gasteiger partial charge < -0.3 is 14.2 Å². The third-order valence-corrected chi connectivity index (χ3v) is 6.11. The van der Waals surface area contributed by atoms with E-state index in [0.29, 0.717) is 12.0 Å². The summed E-state index contributed by atoms with van der Waals surface area (Å²) >= 11 is 0. The molecule has 0 aromatic heterocycles. The van der Waals surface area contributed by atoms with Crippen LogP contribution in [0.5, 0.6) is 0 Å². The highest BCUT2D eigenvalue weighted by atomic mass is 16.8. The second-order valence-corrected chi connectivity index (χ2v) is 9.08. The van der Waals surface area contributed by atoms with Crippen LogP contribution in [-0.4, -0.2) is 35.9 Å². The Bertz CT molecular complexity index is 910. The molecule has 5 heteroatoms. The third-order valence-electron chi connectivity index (χ3n) is 6.11. The minimum atomic E-state index is -0.805. The second-order valence-electron chi connectivity index (χ2n) is 9.08. The van der Waals surface area contributed by atoms with E-state index < -0.39 is 11.9 Å². The van der Waals surface area contributed by atoms with E-state index in [-0.39, 0.29) is 29.9 Å². The zero-order valence-corrected chi connectivity index (χ0v) is 18.1. The summed E-state index contributed by atoms with van der Waals surface area (Å²) in [5, 5.41) is 0. The van der Waals surface area contributed by atoms with Gasteiger partial charge in [0.25, 0.3) is 0 Å². The predicted molar refractivity (Wildman–Crippen MR) is 114 cm³/mol. The van der Waals surface area contributed by atoms with Crippen LogP contribution in [0.3, 0.4) is 0 Å². The molecule has 30 heavy (non-hydrogen) atoms. The summed E-state index contributed by atoms with van der Waals surface area (Å²) in [5.41, 5.74) is 3.44. The maximum Gasteiger partial charge on any atom is 0.339 e. The number of rotatable bonds is 0. The Kier molecular flexibility index (Phi) is 5.69. The third kappa shape index (κ3) is 4.28. The molecule has 1 saturated carbocycles. The quantitative estimate of drug-likeness (QED) is 0.581. The van der Waals surface area contributed by atoms with Crippen LogP contribution in [0.2, 0.25) is 0 Å². The van der Waals surface area contributed by atoms with Gasteiger partial charge in [0, 0.05) is 5.92 Å². The van der Waals surface area contributed by atoms with Crippen LogP contribution in [0.15, 0.2) is 30.4 Å². The van der Waals surface area contributed by atoms with Crippen molar-refractivity contribution in [3.8, 4) is 0 Å². The lowest BCUT2D eigenvalue weighted by atomic mass is 9.96. The van der Waals surface area contributed by atoms with Crippen molar-refractivity contribution >= 4 is 17.8 Å². The van der Waals surface area contributed by atoms with Gasteiger partial charge in [-0.2, -0.15) is 0 Å². The van der Waals surface area contributed by atoms with Gasteiger partial charge in [-0.05, 0) is 70.6 Å². The first kappa shape index (κ1) is 21.0. The summed E-state index contributed by atoms with van der Waals surface area (Å²) in [7, 11) is 0. The van der Waals surface area contributed by atoms with Crippen molar-refractivity contribution in [3.05, 3.63) is 52.6 Å². The maximum absolute atomic E-state index is 13.1. The fraction of sp³-hybridized carbons (Fsp3) is 0.520. The lowest BCUT2D eigenvalue weighted by Crippen LogP contribution is -2.30. The molecular formula is C25H30O5. The van der Waals surface area contributed by atoms with E-state index in [1.807, 2.05) is 58.1 Å². The molecule has 0 spiro atoms. The second kappa shape index (κ2) is 8.12. The average Bonchev–Trinajstić information content (AvgIpc) is 3.21. The summed E-state index contributed by atoms with van der Waals surface area (Å²) in [6, 6.07) is 4.00. The van der Waals surface area contributed by atoms with E-state index in [0.717, 1.165) is 36.0 Å². The number of fused-ring (bicyclic) bond motifs is 3. The zero-order chi connectivity index (χ0) is 21.5. The number of ether oxygens (including phenoxy) is 3. The van der Waals surface area contributed by atoms with Gasteiger partial charge in [-0.1, -0.05) is 35.9 Å². The molecule has 4 rings (SSSR count). The molecule has 2 heterocycles. The molecule has 1 aromatic rings. The lowest BCUT2D eigenvalue weighted by Gasteiger charge is -2.20. The molecule has 0 unspecified atom stereocenters. The first-order valence-corrected chi connectivity index (χ1v) is 10.8. The molecule has 2 aliphatic heterocycles. The Balaban J connectivity index is 1.74. The van der Waals surface area contributed by atoms with Crippen molar-refractivity contribution in [1.29, 1.82) is 0 Å². The van der Waals surface area contributed by atoms with Crippen LogP contribution in [0.25, 0.3) is 6.08 Å². The summed E-state index contributed by atoms with van der Waals surface area (Å²) < 4.78 is 17.9. The van der Waals surface area contributed by atoms with E-state index in [1.54, 1.807) is 6.08 Å². The number of carbonyl (C=O) groups excluding carboxylic acids is 2. The highest BCUT2D eigenvalue weighted by molar-refractivity contribution is 5.96. The topological polar surface area (TPSA) is 61.8 Å². The van der Waals surface area contributed by atoms with E-state index >= 15 is 0 Å². The molecule has 3 aliphatic rings. The Morgan fingerprint density at radius 1 is 1.00 bits per heavy atom. The van der Waals surface area contributed by atoms with Crippen molar-refractivity contribution in [2.24, 2.45) is 5.92 Å². The highest BCUT2D eigenvalue weighted by Gasteiger charge is 2.43. The molecule has 160 valence electrons. The number of hydrogen-bond donors (Lipinski definition) is 0. The first-order valence-electron chi connectivity index (χ1n) is 10.8. The number of benzene rings is 1. The van der Waals surface area contributed by atoms with Gasteiger partial charge in [-0.25, -0.2) is 4.79 Å². The molecule has 1 aliphatic carbocycles. The van der Waals surface area contributed by atoms with Crippen LogP contribution < -0.4 is 0 Å². The molecule has 2 fully saturated rings. The van der Waals surface area contributed by atoms with Gasteiger partial charge in [-0.3, -0.25) is 4.79 Å². The van der Waals surface area contributed by atoms with E-state index in [4.69, 9.17) is 14.2 Å². The van der Waals surface area contributed by atoms with Crippen LogP contribution >= 0.6 is 0 Å². The molecule has 5 nitrogen and oxygen atoms in total. The average molecular weight is 411 g/mol. The highest BCUT2D eigenvalue weighted by Crippen LogP contribution is 2.34. The van der Waals surface area contributed by atoms with Gasteiger partial charge in [0.15, 0.2) is 11.6 Å². The van der Waals surface area contributed by atoms with Crippen LogP contribution in [-0.2, 0) is 19.0 Å². The molecule has 0 bridgehead atoms.